The summed E-state index contributed by atoms with van der Waals surface area (Å²) in [6, 6.07) is 7.12. The molecule has 0 saturated heterocycles. The number of ketones is 1. The third-order valence-electron chi connectivity index (χ3n) is 2.48. The molecule has 0 N–H and O–H groups in total. The van der Waals surface area contributed by atoms with Gasteiger partial charge in [-0.05, 0) is 19.1 Å². The first kappa shape index (κ1) is 14.0. The van der Waals surface area contributed by atoms with Crippen LogP contribution in [0, 0.1) is 10.1 Å². The quantitative estimate of drug-likeness (QED) is 0.488. The van der Waals surface area contributed by atoms with E-state index in [1.165, 1.54) is 37.4 Å². The second-order valence-corrected chi connectivity index (χ2v) is 4.32. The Labute approximate surface area is 119 Å². The van der Waals surface area contributed by atoms with E-state index in [-0.39, 0.29) is 22.4 Å². The van der Waals surface area contributed by atoms with Gasteiger partial charge in [-0.2, -0.15) is 0 Å². The molecule has 0 spiro atoms. The summed E-state index contributed by atoms with van der Waals surface area (Å²) in [6.07, 6.45) is 1.39. The number of rotatable bonds is 4. The van der Waals surface area contributed by atoms with Crippen molar-refractivity contribution in [2.24, 2.45) is 0 Å². The Morgan fingerprint density at radius 1 is 1.35 bits per heavy atom. The van der Waals surface area contributed by atoms with Crippen LogP contribution in [-0.4, -0.2) is 15.7 Å². The Kier molecular flexibility index (Phi) is 3.95. The number of nitro benzene ring substituents is 1. The van der Waals surface area contributed by atoms with Gasteiger partial charge >= 0.3 is 0 Å². The molecule has 0 bridgehead atoms. The van der Waals surface area contributed by atoms with E-state index in [9.17, 15) is 14.9 Å². The Morgan fingerprint density at radius 3 is 2.60 bits per heavy atom. The molecule has 7 heteroatoms. The summed E-state index contributed by atoms with van der Waals surface area (Å²) >= 11 is 5.77. The highest BCUT2D eigenvalue weighted by Gasteiger charge is 2.13. The van der Waals surface area contributed by atoms with Gasteiger partial charge in [-0.15, -0.1) is 0 Å². The van der Waals surface area contributed by atoms with Crippen molar-refractivity contribution in [1.29, 1.82) is 0 Å². The Bertz CT molecular complexity index is 671. The second-order valence-electron chi connectivity index (χ2n) is 3.91. The molecular weight excluding hydrogens is 284 g/mol. The minimum Gasteiger partial charge on any atom is -0.439 e. The molecule has 0 aliphatic heterocycles. The lowest BCUT2D eigenvalue weighted by Gasteiger charge is -2.05. The average molecular weight is 293 g/mol. The number of nitrogens with zero attached hydrogens (tertiary/aromatic N) is 2. The van der Waals surface area contributed by atoms with Gasteiger partial charge in [-0.25, -0.2) is 4.98 Å². The molecule has 0 aliphatic rings. The first-order valence-electron chi connectivity index (χ1n) is 5.56. The standard InChI is InChI=1S/C13H9ClN2O4/c1-8(17)9-2-5-13(15-7-9)20-10-3-4-12(16(18)19)11(14)6-10/h2-7H,1H3. The first-order valence-corrected chi connectivity index (χ1v) is 5.94. The summed E-state index contributed by atoms with van der Waals surface area (Å²) in [5.41, 5.74) is 0.276. The van der Waals surface area contributed by atoms with Crippen molar-refractivity contribution in [3.05, 3.63) is 57.2 Å². The summed E-state index contributed by atoms with van der Waals surface area (Å²) in [7, 11) is 0. The van der Waals surface area contributed by atoms with E-state index < -0.39 is 4.92 Å². The minimum atomic E-state index is -0.577. The molecule has 0 fully saturated rings. The lowest BCUT2D eigenvalue weighted by atomic mass is 10.2. The van der Waals surface area contributed by atoms with Crippen LogP contribution >= 0.6 is 11.6 Å². The molecule has 0 unspecified atom stereocenters. The fraction of sp³-hybridized carbons (Fsp3) is 0.0769. The van der Waals surface area contributed by atoms with Crippen molar-refractivity contribution in [3.8, 4) is 11.6 Å². The maximum Gasteiger partial charge on any atom is 0.288 e. The van der Waals surface area contributed by atoms with E-state index in [0.29, 0.717) is 11.3 Å². The van der Waals surface area contributed by atoms with Crippen molar-refractivity contribution in [2.75, 3.05) is 0 Å². The maximum atomic E-state index is 11.1. The van der Waals surface area contributed by atoms with Crippen LogP contribution in [0.2, 0.25) is 5.02 Å². The number of halogens is 1. The van der Waals surface area contributed by atoms with Crippen LogP contribution in [0.4, 0.5) is 5.69 Å². The lowest BCUT2D eigenvalue weighted by molar-refractivity contribution is -0.384. The van der Waals surface area contributed by atoms with Gasteiger partial charge in [0.1, 0.15) is 10.8 Å². The predicted octanol–water partition coefficient (Wildman–Crippen LogP) is 3.64. The number of carbonyl (C=O) groups excluding carboxylic acids is 1. The number of ether oxygens (including phenoxy) is 1. The van der Waals surface area contributed by atoms with Crippen molar-refractivity contribution >= 4 is 23.1 Å². The van der Waals surface area contributed by atoms with E-state index >= 15 is 0 Å². The van der Waals surface area contributed by atoms with Gasteiger partial charge in [0.15, 0.2) is 5.78 Å². The topological polar surface area (TPSA) is 82.3 Å². The molecule has 1 heterocycles. The maximum absolute atomic E-state index is 11.1. The van der Waals surface area contributed by atoms with Gasteiger partial charge in [0, 0.05) is 30.0 Å². The third-order valence-corrected chi connectivity index (χ3v) is 2.78. The van der Waals surface area contributed by atoms with Crippen LogP contribution in [0.25, 0.3) is 0 Å². The number of hydrogen-bond donors (Lipinski definition) is 0. The van der Waals surface area contributed by atoms with Gasteiger partial charge < -0.3 is 4.74 Å². The fourth-order valence-electron chi connectivity index (χ4n) is 1.47. The van der Waals surface area contributed by atoms with Crippen molar-refractivity contribution in [1.82, 2.24) is 4.98 Å². The highest BCUT2D eigenvalue weighted by molar-refractivity contribution is 6.32. The van der Waals surface area contributed by atoms with Gasteiger partial charge in [-0.1, -0.05) is 11.6 Å². The molecule has 0 aliphatic carbocycles. The number of pyridine rings is 1. The van der Waals surface area contributed by atoms with Crippen LogP contribution in [0.3, 0.4) is 0 Å². The number of hydrogen-bond acceptors (Lipinski definition) is 5. The number of benzene rings is 1. The summed E-state index contributed by atoms with van der Waals surface area (Å²) in [4.78, 5) is 25.1. The molecule has 20 heavy (non-hydrogen) atoms. The van der Waals surface area contributed by atoms with E-state index in [0.717, 1.165) is 0 Å². The van der Waals surface area contributed by atoms with Crippen molar-refractivity contribution < 1.29 is 14.5 Å². The van der Waals surface area contributed by atoms with Gasteiger partial charge in [0.25, 0.3) is 5.69 Å². The molecule has 6 nitrogen and oxygen atoms in total. The molecule has 0 radical (unpaired) electrons. The molecule has 0 amide bonds. The normalized spacial score (nSPS) is 10.1. The van der Waals surface area contributed by atoms with Gasteiger partial charge in [-0.3, -0.25) is 14.9 Å². The van der Waals surface area contributed by atoms with Gasteiger partial charge in [0.05, 0.1) is 4.92 Å². The molecule has 2 rings (SSSR count). The Balaban J connectivity index is 2.19. The van der Waals surface area contributed by atoms with Crippen molar-refractivity contribution in [3.63, 3.8) is 0 Å². The monoisotopic (exact) mass is 292 g/mol. The molecule has 102 valence electrons. The summed E-state index contributed by atoms with van der Waals surface area (Å²) < 4.78 is 5.40. The number of Topliss-reactive ketones (excluding diaryl/α,β-unsaturated/α-hetero) is 1. The smallest absolute Gasteiger partial charge is 0.288 e. The van der Waals surface area contributed by atoms with Crippen LogP contribution in [-0.2, 0) is 0 Å². The van der Waals surface area contributed by atoms with E-state index in [2.05, 4.69) is 4.98 Å². The zero-order valence-corrected chi connectivity index (χ0v) is 11.1. The Morgan fingerprint density at radius 2 is 2.10 bits per heavy atom. The zero-order valence-electron chi connectivity index (χ0n) is 10.4. The highest BCUT2D eigenvalue weighted by Crippen LogP contribution is 2.30. The largest absolute Gasteiger partial charge is 0.439 e. The summed E-state index contributed by atoms with van der Waals surface area (Å²) in [5.74, 6) is 0.492. The van der Waals surface area contributed by atoms with Gasteiger partial charge in [0.2, 0.25) is 5.88 Å². The van der Waals surface area contributed by atoms with Crippen LogP contribution in [0.5, 0.6) is 11.6 Å². The lowest BCUT2D eigenvalue weighted by Crippen LogP contribution is -1.95. The Hall–Kier alpha value is -2.47. The average Bonchev–Trinajstić information content (AvgIpc) is 2.39. The summed E-state index contributed by atoms with van der Waals surface area (Å²) in [6.45, 7) is 1.44. The fourth-order valence-corrected chi connectivity index (χ4v) is 1.71. The zero-order chi connectivity index (χ0) is 14.7. The SMILES string of the molecule is CC(=O)c1ccc(Oc2ccc([N+](=O)[O-])c(Cl)c2)nc1. The number of carbonyl (C=O) groups is 1. The molecule has 0 atom stereocenters. The van der Waals surface area contributed by atoms with Crippen molar-refractivity contribution in [2.45, 2.75) is 6.92 Å². The molecule has 2 aromatic rings. The molecular formula is C13H9ClN2O4. The minimum absolute atomic E-state index is 0.0205. The number of aromatic nitrogens is 1. The van der Waals surface area contributed by atoms with Crippen LogP contribution < -0.4 is 4.74 Å². The van der Waals surface area contributed by atoms with Crippen LogP contribution in [0.15, 0.2) is 36.5 Å². The highest BCUT2D eigenvalue weighted by atomic mass is 35.5. The third kappa shape index (κ3) is 3.10. The number of nitro groups is 1. The molecule has 1 aromatic heterocycles. The van der Waals surface area contributed by atoms with E-state index in [1.54, 1.807) is 6.07 Å². The van der Waals surface area contributed by atoms with Crippen LogP contribution in [0.1, 0.15) is 17.3 Å². The molecule has 0 saturated carbocycles. The first-order chi connectivity index (χ1) is 9.47. The predicted molar refractivity (Wildman–Crippen MR) is 72.4 cm³/mol. The van der Waals surface area contributed by atoms with E-state index in [4.69, 9.17) is 16.3 Å². The van der Waals surface area contributed by atoms with E-state index in [1.807, 2.05) is 0 Å². The summed E-state index contributed by atoms with van der Waals surface area (Å²) in [5, 5.41) is 10.6. The molecule has 1 aromatic carbocycles. The second kappa shape index (κ2) is 5.66.